The number of rotatable bonds is 9. The van der Waals surface area contributed by atoms with Crippen molar-refractivity contribution >= 4 is 16.7 Å². The van der Waals surface area contributed by atoms with Gasteiger partial charge in [0.2, 0.25) is 0 Å². The number of fused-ring (bicyclic) bond motifs is 1. The topological polar surface area (TPSA) is 79.2 Å². The van der Waals surface area contributed by atoms with Crippen molar-refractivity contribution in [1.29, 1.82) is 0 Å². The van der Waals surface area contributed by atoms with Gasteiger partial charge in [-0.05, 0) is 86.4 Å². The maximum Gasteiger partial charge on any atom is 0.306 e. The van der Waals surface area contributed by atoms with Gasteiger partial charge in [0, 0.05) is 6.54 Å². The number of carbonyl (C=O) groups excluding carboxylic acids is 1. The minimum atomic E-state index is -3.24. The number of hydrogen-bond acceptors (Lipinski definition) is 6. The summed E-state index contributed by atoms with van der Waals surface area (Å²) in [6, 6.07) is 21.8. The van der Waals surface area contributed by atoms with E-state index < -0.39 is 10.8 Å². The smallest absolute Gasteiger partial charge is 0.306 e. The van der Waals surface area contributed by atoms with Crippen molar-refractivity contribution in [3.8, 4) is 5.75 Å². The molecular formula is C31H39NO5S. The third-order valence-corrected chi connectivity index (χ3v) is 9.15. The molecule has 0 amide bonds. The van der Waals surface area contributed by atoms with Crippen molar-refractivity contribution in [2.75, 3.05) is 13.2 Å². The van der Waals surface area contributed by atoms with Crippen LogP contribution in [0.4, 0.5) is 0 Å². The van der Waals surface area contributed by atoms with Gasteiger partial charge < -0.3 is 9.47 Å². The molecule has 0 radical (unpaired) electrons. The molecule has 2 atom stereocenters. The summed E-state index contributed by atoms with van der Waals surface area (Å²) >= 11 is 0. The molecule has 0 spiro atoms. The molecule has 1 aliphatic heterocycles. The molecule has 0 aliphatic carbocycles. The van der Waals surface area contributed by atoms with Crippen LogP contribution in [0.5, 0.6) is 5.75 Å². The molecule has 2 N–H and O–H groups in total. The lowest BCUT2D eigenvalue weighted by atomic mass is 9.87. The van der Waals surface area contributed by atoms with E-state index in [1.54, 1.807) is 22.5 Å². The molecule has 4 rings (SSSR count). The summed E-state index contributed by atoms with van der Waals surface area (Å²) in [5.74, 6) is 0.299. The molecule has 2 unspecified atom stereocenters. The Hall–Kier alpha value is -2.84. The number of para-hydroxylation sites is 1. The molecule has 0 bridgehead atoms. The van der Waals surface area contributed by atoms with Crippen LogP contribution in [0.2, 0.25) is 0 Å². The maximum absolute atomic E-state index is 12.5. The SMILES string of the molecule is CCOC(=O)CC(CCc1ccccc1C)c1ccc(C)c(CN2CC(C)Oc3ccccc3S2(O)O)c1. The van der Waals surface area contributed by atoms with Crippen molar-refractivity contribution in [1.82, 2.24) is 4.31 Å². The molecule has 1 aliphatic rings. The normalized spacial score (nSPS) is 18.5. The zero-order valence-corrected chi connectivity index (χ0v) is 23.5. The number of hydrogen-bond donors (Lipinski definition) is 2. The summed E-state index contributed by atoms with van der Waals surface area (Å²) < 4.78 is 35.7. The Balaban J connectivity index is 1.62. The second-order valence-electron chi connectivity index (χ2n) is 10.1. The second-order valence-corrected chi connectivity index (χ2v) is 12.1. The molecule has 6 nitrogen and oxygen atoms in total. The Morgan fingerprint density at radius 3 is 2.53 bits per heavy atom. The molecule has 38 heavy (non-hydrogen) atoms. The predicted molar refractivity (Wildman–Crippen MR) is 153 cm³/mol. The van der Waals surface area contributed by atoms with Crippen molar-refractivity contribution in [2.24, 2.45) is 0 Å². The molecule has 204 valence electrons. The van der Waals surface area contributed by atoms with Crippen LogP contribution in [0.25, 0.3) is 0 Å². The summed E-state index contributed by atoms with van der Waals surface area (Å²) in [6.45, 7) is 9.00. The molecule has 0 fully saturated rings. The number of carbonyl (C=O) groups is 1. The summed E-state index contributed by atoms with van der Waals surface area (Å²) in [5, 5.41) is 0. The number of ether oxygens (including phenoxy) is 2. The van der Waals surface area contributed by atoms with Crippen LogP contribution in [0.3, 0.4) is 0 Å². The summed E-state index contributed by atoms with van der Waals surface area (Å²) in [5.41, 5.74) is 5.64. The highest BCUT2D eigenvalue weighted by Crippen LogP contribution is 2.57. The van der Waals surface area contributed by atoms with Crippen LogP contribution in [0.1, 0.15) is 60.4 Å². The van der Waals surface area contributed by atoms with E-state index in [4.69, 9.17) is 9.47 Å². The van der Waals surface area contributed by atoms with Crippen LogP contribution in [-0.2, 0) is 22.5 Å². The van der Waals surface area contributed by atoms with Gasteiger partial charge in [-0.1, -0.05) is 54.6 Å². The molecule has 1 heterocycles. The molecule has 0 aromatic heterocycles. The molecule has 3 aromatic carbocycles. The van der Waals surface area contributed by atoms with Crippen LogP contribution in [0, 0.1) is 13.8 Å². The fourth-order valence-corrected chi connectivity index (χ4v) is 6.71. The lowest BCUT2D eigenvalue weighted by Gasteiger charge is -2.42. The van der Waals surface area contributed by atoms with E-state index in [1.807, 2.05) is 32.9 Å². The Morgan fingerprint density at radius 1 is 1.05 bits per heavy atom. The first-order valence-corrected chi connectivity index (χ1v) is 14.8. The summed E-state index contributed by atoms with van der Waals surface area (Å²) in [6.07, 6.45) is 1.76. The lowest BCUT2D eigenvalue weighted by Crippen LogP contribution is -2.33. The van der Waals surface area contributed by atoms with E-state index in [2.05, 4.69) is 43.3 Å². The standard InChI is InChI=1S/C31H39NO5S/c1-5-36-31(33)19-27(17-16-25-11-7-6-10-22(25)2)26-15-14-23(3)28(18-26)21-32-20-24(4)37-29-12-8-9-13-30(29)38(32,34)35/h6-15,18,24,27,34-35H,5,16-17,19-21H2,1-4H3. The largest absolute Gasteiger partial charge is 0.487 e. The predicted octanol–water partition coefficient (Wildman–Crippen LogP) is 7.28. The van der Waals surface area contributed by atoms with E-state index in [0.717, 1.165) is 29.5 Å². The number of benzene rings is 3. The van der Waals surface area contributed by atoms with Crippen molar-refractivity contribution in [2.45, 2.75) is 70.4 Å². The first kappa shape index (κ1) is 28.2. The average molecular weight is 538 g/mol. The first-order valence-electron chi connectivity index (χ1n) is 13.3. The van der Waals surface area contributed by atoms with Gasteiger partial charge in [0.05, 0.1) is 19.6 Å². The zero-order chi connectivity index (χ0) is 27.3. The molecule has 7 heteroatoms. The molecule has 0 saturated heterocycles. The van der Waals surface area contributed by atoms with E-state index >= 15 is 0 Å². The fourth-order valence-electron chi connectivity index (χ4n) is 5.05. The molecule has 0 saturated carbocycles. The monoisotopic (exact) mass is 537 g/mol. The maximum atomic E-state index is 12.5. The third kappa shape index (κ3) is 6.59. The Labute approximate surface area is 228 Å². The zero-order valence-electron chi connectivity index (χ0n) is 22.7. The molecule has 3 aromatic rings. The van der Waals surface area contributed by atoms with Gasteiger partial charge >= 0.3 is 5.97 Å². The minimum absolute atomic E-state index is 0.0134. The average Bonchev–Trinajstić information content (AvgIpc) is 2.97. The number of nitrogens with zero attached hydrogens (tertiary/aromatic N) is 1. The number of esters is 1. The first-order chi connectivity index (χ1) is 18.2. The van der Waals surface area contributed by atoms with Gasteiger partial charge in [0.25, 0.3) is 0 Å². The minimum Gasteiger partial charge on any atom is -0.487 e. The Morgan fingerprint density at radius 2 is 1.76 bits per heavy atom. The summed E-state index contributed by atoms with van der Waals surface area (Å²) in [7, 11) is -3.24. The van der Waals surface area contributed by atoms with Crippen LogP contribution >= 0.6 is 10.8 Å². The van der Waals surface area contributed by atoms with Gasteiger partial charge in [-0.15, -0.1) is 10.8 Å². The van der Waals surface area contributed by atoms with Gasteiger partial charge in [-0.2, -0.15) is 4.31 Å². The van der Waals surface area contributed by atoms with Crippen molar-refractivity contribution in [3.05, 3.63) is 94.5 Å². The van der Waals surface area contributed by atoms with Crippen molar-refractivity contribution < 1.29 is 23.4 Å². The third-order valence-electron chi connectivity index (χ3n) is 7.23. The lowest BCUT2D eigenvalue weighted by molar-refractivity contribution is -0.143. The quantitative estimate of drug-likeness (QED) is 0.279. The molecular weight excluding hydrogens is 498 g/mol. The van der Waals surface area contributed by atoms with E-state index in [-0.39, 0.29) is 18.0 Å². The van der Waals surface area contributed by atoms with Gasteiger partial charge in [0.15, 0.2) is 0 Å². The van der Waals surface area contributed by atoms with Crippen molar-refractivity contribution in [3.63, 3.8) is 0 Å². The second kappa shape index (κ2) is 12.3. The van der Waals surface area contributed by atoms with Gasteiger partial charge in [-0.25, -0.2) is 0 Å². The number of aryl methyl sites for hydroxylation is 3. The van der Waals surface area contributed by atoms with E-state index in [1.165, 1.54) is 11.1 Å². The van der Waals surface area contributed by atoms with Gasteiger partial charge in [-0.3, -0.25) is 13.9 Å². The fraction of sp³-hybridized carbons (Fsp3) is 0.387. The Bertz CT molecular complexity index is 1260. The van der Waals surface area contributed by atoms with Crippen LogP contribution in [-0.4, -0.2) is 38.6 Å². The Kier molecular flexibility index (Phi) is 9.15. The highest BCUT2D eigenvalue weighted by atomic mass is 32.3. The van der Waals surface area contributed by atoms with E-state index in [0.29, 0.717) is 36.8 Å². The highest BCUT2D eigenvalue weighted by molar-refractivity contribution is 8.22. The summed E-state index contributed by atoms with van der Waals surface area (Å²) in [4.78, 5) is 13.0. The van der Waals surface area contributed by atoms with E-state index in [9.17, 15) is 13.9 Å². The van der Waals surface area contributed by atoms with Crippen LogP contribution < -0.4 is 4.74 Å². The highest BCUT2D eigenvalue weighted by Gasteiger charge is 2.34. The van der Waals surface area contributed by atoms with Gasteiger partial charge in [0.1, 0.15) is 16.7 Å². The van der Waals surface area contributed by atoms with Crippen LogP contribution in [0.15, 0.2) is 71.6 Å².